The molecule has 0 unspecified atom stereocenters. The molecule has 1 amide bonds. The van der Waals surface area contributed by atoms with E-state index in [1.54, 1.807) is 24.0 Å². The molecule has 204 valence electrons. The Morgan fingerprint density at radius 3 is 2.61 bits per heavy atom. The summed E-state index contributed by atoms with van der Waals surface area (Å²) in [6.07, 6.45) is 6.01. The van der Waals surface area contributed by atoms with Gasteiger partial charge in [-0.05, 0) is 51.3 Å². The second kappa shape index (κ2) is 13.9. The molecule has 0 bridgehead atoms. The number of aliphatic hydroxyl groups is 3. The fourth-order valence-electron chi connectivity index (χ4n) is 4.18. The predicted molar refractivity (Wildman–Crippen MR) is 137 cm³/mol. The quantitative estimate of drug-likeness (QED) is 0.294. The first-order valence-electron chi connectivity index (χ1n) is 12.8. The van der Waals surface area contributed by atoms with Crippen LogP contribution in [0.4, 0.5) is 4.79 Å². The smallest absolute Gasteiger partial charge is 0.410 e. The van der Waals surface area contributed by atoms with Gasteiger partial charge in [-0.25, -0.2) is 4.79 Å². The summed E-state index contributed by atoms with van der Waals surface area (Å²) >= 11 is 0. The van der Waals surface area contributed by atoms with E-state index in [0.717, 1.165) is 18.7 Å². The van der Waals surface area contributed by atoms with Gasteiger partial charge in [0.2, 0.25) is 0 Å². The topological polar surface area (TPSA) is 120 Å². The van der Waals surface area contributed by atoms with Crippen LogP contribution in [0, 0.1) is 11.8 Å². The molecule has 1 fully saturated rings. The maximum absolute atomic E-state index is 12.9. The third kappa shape index (κ3) is 9.35. The molecule has 0 aromatic carbocycles. The second-order valence-electron chi connectivity index (χ2n) is 10.5. The van der Waals surface area contributed by atoms with Gasteiger partial charge in [-0.2, -0.15) is 0 Å². The number of hydrogen-bond acceptors (Lipinski definition) is 8. The Labute approximate surface area is 215 Å². The molecule has 2 rings (SSSR count). The van der Waals surface area contributed by atoms with Gasteiger partial charge >= 0.3 is 12.1 Å². The summed E-state index contributed by atoms with van der Waals surface area (Å²) in [4.78, 5) is 29.2. The zero-order valence-corrected chi connectivity index (χ0v) is 22.3. The van der Waals surface area contributed by atoms with Gasteiger partial charge in [0.1, 0.15) is 11.7 Å². The molecule has 0 radical (unpaired) electrons. The van der Waals surface area contributed by atoms with Crippen LogP contribution in [0.25, 0.3) is 0 Å². The van der Waals surface area contributed by atoms with Crippen molar-refractivity contribution in [1.29, 1.82) is 0 Å². The minimum Gasteiger partial charge on any atom is -0.457 e. The molecule has 0 aromatic heterocycles. The average molecular weight is 509 g/mol. The first-order chi connectivity index (χ1) is 16.9. The molecule has 9 nitrogen and oxygen atoms in total. The molecule has 0 saturated carbocycles. The summed E-state index contributed by atoms with van der Waals surface area (Å²) in [5.41, 5.74) is -0.655. The van der Waals surface area contributed by atoms with Crippen molar-refractivity contribution in [3.8, 4) is 0 Å². The summed E-state index contributed by atoms with van der Waals surface area (Å²) in [6.45, 7) is 9.82. The van der Waals surface area contributed by atoms with Crippen LogP contribution >= 0.6 is 0 Å². The summed E-state index contributed by atoms with van der Waals surface area (Å²) in [5.74, 6) is -0.823. The average Bonchev–Trinajstić information content (AvgIpc) is 2.83. The maximum atomic E-state index is 12.9. The first kappa shape index (κ1) is 30.0. The number of hydrogen-bond donors (Lipinski definition) is 3. The largest absolute Gasteiger partial charge is 0.457 e. The van der Waals surface area contributed by atoms with E-state index in [4.69, 9.17) is 9.47 Å². The van der Waals surface area contributed by atoms with Crippen molar-refractivity contribution in [3.63, 3.8) is 0 Å². The van der Waals surface area contributed by atoms with Crippen molar-refractivity contribution >= 4 is 12.1 Å². The Morgan fingerprint density at radius 2 is 1.97 bits per heavy atom. The van der Waals surface area contributed by atoms with E-state index in [1.165, 1.54) is 0 Å². The lowest BCUT2D eigenvalue weighted by Gasteiger charge is -2.36. The van der Waals surface area contributed by atoms with E-state index >= 15 is 0 Å². The van der Waals surface area contributed by atoms with E-state index in [1.807, 2.05) is 46.0 Å². The number of allylic oxidation sites excluding steroid dienone is 2. The molecule has 6 atom stereocenters. The zero-order valence-electron chi connectivity index (χ0n) is 22.3. The number of piperazine rings is 1. The molecule has 2 heterocycles. The predicted octanol–water partition coefficient (Wildman–Crippen LogP) is 2.27. The lowest BCUT2D eigenvalue weighted by atomic mass is 9.89. The van der Waals surface area contributed by atoms with Gasteiger partial charge in [0, 0.05) is 38.7 Å². The van der Waals surface area contributed by atoms with Gasteiger partial charge in [0.15, 0.2) is 6.10 Å². The van der Waals surface area contributed by atoms with Crippen LogP contribution in [-0.4, -0.2) is 101 Å². The number of ether oxygens (including phenoxy) is 2. The van der Waals surface area contributed by atoms with E-state index in [9.17, 15) is 24.9 Å². The highest BCUT2D eigenvalue weighted by atomic mass is 16.6. The normalized spacial score (nSPS) is 33.4. The SMILES string of the molecule is C/C(=C\C=C\[C@@H](C)CO)[C@H]1OC(=O)C[C@@H](O)CC[C@](C)(O)[C@@H](OC(=O)N2CCN(C)CC2)/C=C\[C@@H]1C. The molecule has 36 heavy (non-hydrogen) atoms. The van der Waals surface area contributed by atoms with E-state index in [2.05, 4.69) is 4.90 Å². The molecule has 1 saturated heterocycles. The number of cyclic esters (lactones) is 1. The molecule has 3 N–H and O–H groups in total. The Balaban J connectivity index is 2.29. The number of carbonyl (C=O) groups excluding carboxylic acids is 2. The third-order valence-corrected chi connectivity index (χ3v) is 6.85. The van der Waals surface area contributed by atoms with Gasteiger partial charge in [-0.15, -0.1) is 0 Å². The summed E-state index contributed by atoms with van der Waals surface area (Å²) < 4.78 is 11.5. The lowest BCUT2D eigenvalue weighted by Crippen LogP contribution is -2.50. The Bertz CT molecular complexity index is 815. The zero-order chi connectivity index (χ0) is 26.9. The maximum Gasteiger partial charge on any atom is 0.410 e. The fourth-order valence-corrected chi connectivity index (χ4v) is 4.18. The van der Waals surface area contributed by atoms with Crippen LogP contribution in [0.2, 0.25) is 0 Å². The number of esters is 1. The molecular weight excluding hydrogens is 464 g/mol. The number of aliphatic hydroxyl groups excluding tert-OH is 2. The highest BCUT2D eigenvalue weighted by Crippen LogP contribution is 2.27. The van der Waals surface area contributed by atoms with Crippen molar-refractivity contribution in [2.45, 2.75) is 70.9 Å². The highest BCUT2D eigenvalue weighted by molar-refractivity contribution is 5.70. The van der Waals surface area contributed by atoms with Crippen molar-refractivity contribution in [2.24, 2.45) is 11.8 Å². The fraction of sp³-hybridized carbons (Fsp3) is 0.704. The van der Waals surface area contributed by atoms with Crippen molar-refractivity contribution < 1.29 is 34.4 Å². The molecule has 2 aliphatic heterocycles. The number of carbonyl (C=O) groups is 2. The van der Waals surface area contributed by atoms with E-state index < -0.39 is 36.0 Å². The Morgan fingerprint density at radius 1 is 1.31 bits per heavy atom. The van der Waals surface area contributed by atoms with E-state index in [0.29, 0.717) is 13.1 Å². The van der Waals surface area contributed by atoms with Gasteiger partial charge in [-0.1, -0.05) is 38.2 Å². The monoisotopic (exact) mass is 508 g/mol. The van der Waals surface area contributed by atoms with Crippen molar-refractivity contribution in [2.75, 3.05) is 39.8 Å². The number of amides is 1. The van der Waals surface area contributed by atoms with E-state index in [-0.39, 0.29) is 37.7 Å². The minimum absolute atomic E-state index is 0.00152. The molecule has 0 spiro atoms. The van der Waals surface area contributed by atoms with Crippen molar-refractivity contribution in [3.05, 3.63) is 36.0 Å². The Kier molecular flexibility index (Phi) is 11.6. The van der Waals surface area contributed by atoms with Crippen LogP contribution in [-0.2, 0) is 14.3 Å². The van der Waals surface area contributed by atoms with Crippen LogP contribution in [0.5, 0.6) is 0 Å². The summed E-state index contributed by atoms with van der Waals surface area (Å²) in [5, 5.41) is 30.8. The number of nitrogens with zero attached hydrogens (tertiary/aromatic N) is 2. The molecule has 2 aliphatic rings. The summed E-state index contributed by atoms with van der Waals surface area (Å²) in [6, 6.07) is 0. The van der Waals surface area contributed by atoms with Crippen LogP contribution in [0.3, 0.4) is 0 Å². The molecular formula is C27H44N2O7. The van der Waals surface area contributed by atoms with Gasteiger partial charge in [0.25, 0.3) is 0 Å². The van der Waals surface area contributed by atoms with Crippen molar-refractivity contribution in [1.82, 2.24) is 9.80 Å². The first-order valence-corrected chi connectivity index (χ1v) is 12.8. The van der Waals surface area contributed by atoms with Gasteiger partial charge < -0.3 is 34.6 Å². The van der Waals surface area contributed by atoms with Crippen LogP contribution in [0.15, 0.2) is 36.0 Å². The number of rotatable bonds is 5. The van der Waals surface area contributed by atoms with Crippen LogP contribution < -0.4 is 0 Å². The second-order valence-corrected chi connectivity index (χ2v) is 10.5. The van der Waals surface area contributed by atoms with Crippen LogP contribution in [0.1, 0.15) is 47.0 Å². The van der Waals surface area contributed by atoms with Gasteiger partial charge in [0.05, 0.1) is 12.5 Å². The highest BCUT2D eigenvalue weighted by Gasteiger charge is 2.36. The Hall–Kier alpha value is -2.20. The standard InChI is InChI=1S/C27H44N2O7/c1-19(18-30)7-6-8-20(2)25-21(3)9-10-23(35-26(33)29-15-13-28(5)14-16-29)27(4,34)12-11-22(31)17-24(32)36-25/h6-10,19,21-23,25,30-31,34H,11-18H2,1-5H3/b7-6+,10-9-,20-8+/t19-,21+,22+,23+,25-,27+/m1/s1. The summed E-state index contributed by atoms with van der Waals surface area (Å²) in [7, 11) is 2.00. The van der Waals surface area contributed by atoms with Gasteiger partial charge in [-0.3, -0.25) is 4.79 Å². The molecule has 9 heteroatoms. The number of likely N-dealkylation sites (N-methyl/N-ethyl adjacent to an activating group) is 1. The minimum atomic E-state index is -1.44. The molecule has 0 aliphatic carbocycles. The molecule has 0 aromatic rings. The lowest BCUT2D eigenvalue weighted by molar-refractivity contribution is -0.151. The third-order valence-electron chi connectivity index (χ3n) is 6.85.